The summed E-state index contributed by atoms with van der Waals surface area (Å²) in [5, 5.41) is 2.61. The highest BCUT2D eigenvalue weighted by atomic mass is 16.2. The van der Waals surface area contributed by atoms with Crippen molar-refractivity contribution < 1.29 is 14.4 Å². The summed E-state index contributed by atoms with van der Waals surface area (Å²) in [6.07, 6.45) is 1.14. The Morgan fingerprint density at radius 1 is 1.19 bits per heavy atom. The summed E-state index contributed by atoms with van der Waals surface area (Å²) in [7, 11) is 1.59. The van der Waals surface area contributed by atoms with Gasteiger partial charge in [-0.1, -0.05) is 32.0 Å². The highest BCUT2D eigenvalue weighted by molar-refractivity contribution is 5.96. The second kappa shape index (κ2) is 7.48. The zero-order chi connectivity index (χ0) is 18.8. The number of amides is 3. The standard InChI is InChI=1S/C20H27N3O3/c1-13(2)8-14-6-4-5-7-17(14)20(26)22-11-16(12-22)23-10-15(9-18(23)24)19(25)21-3/h4-7,13,15-16H,8-12H2,1-3H3,(H,21,25). The predicted octanol–water partition coefficient (Wildman–Crippen LogP) is 1.30. The van der Waals surface area contributed by atoms with Crippen LogP contribution in [0, 0.1) is 11.8 Å². The summed E-state index contributed by atoms with van der Waals surface area (Å²) in [5.41, 5.74) is 1.84. The molecule has 0 aliphatic carbocycles. The van der Waals surface area contributed by atoms with Crippen molar-refractivity contribution in [2.24, 2.45) is 11.8 Å². The van der Waals surface area contributed by atoms with Gasteiger partial charge in [0.05, 0.1) is 12.0 Å². The molecule has 1 aromatic carbocycles. The highest BCUT2D eigenvalue weighted by Gasteiger charge is 2.43. The molecule has 1 N–H and O–H groups in total. The third-order valence-corrected chi connectivity index (χ3v) is 5.24. The van der Waals surface area contributed by atoms with Gasteiger partial charge in [0.2, 0.25) is 11.8 Å². The van der Waals surface area contributed by atoms with E-state index >= 15 is 0 Å². The molecule has 2 fully saturated rings. The molecule has 0 aromatic heterocycles. The van der Waals surface area contributed by atoms with Crippen molar-refractivity contribution >= 4 is 17.7 Å². The van der Waals surface area contributed by atoms with E-state index in [0.717, 1.165) is 17.5 Å². The molecule has 3 rings (SSSR count). The van der Waals surface area contributed by atoms with Crippen LogP contribution in [0.3, 0.4) is 0 Å². The van der Waals surface area contributed by atoms with Gasteiger partial charge >= 0.3 is 0 Å². The van der Waals surface area contributed by atoms with Crippen LogP contribution in [-0.4, -0.2) is 60.2 Å². The molecule has 0 radical (unpaired) electrons. The number of likely N-dealkylation sites (tertiary alicyclic amines) is 2. The van der Waals surface area contributed by atoms with Crippen molar-refractivity contribution in [3.8, 4) is 0 Å². The first-order valence-corrected chi connectivity index (χ1v) is 9.29. The minimum Gasteiger partial charge on any atom is -0.359 e. The Balaban J connectivity index is 1.61. The van der Waals surface area contributed by atoms with E-state index in [4.69, 9.17) is 0 Å². The molecule has 2 aliphatic heterocycles. The SMILES string of the molecule is CNC(=O)C1CC(=O)N(C2CN(C(=O)c3ccccc3CC(C)C)C2)C1. The lowest BCUT2D eigenvalue weighted by molar-refractivity contribution is -0.132. The molecule has 3 amide bonds. The van der Waals surface area contributed by atoms with Crippen LogP contribution < -0.4 is 5.32 Å². The van der Waals surface area contributed by atoms with Gasteiger partial charge < -0.3 is 15.1 Å². The maximum Gasteiger partial charge on any atom is 0.254 e. The van der Waals surface area contributed by atoms with E-state index in [-0.39, 0.29) is 36.1 Å². The van der Waals surface area contributed by atoms with Crippen molar-refractivity contribution in [2.75, 3.05) is 26.7 Å². The van der Waals surface area contributed by atoms with Gasteiger partial charge in [-0.05, 0) is 24.0 Å². The van der Waals surface area contributed by atoms with Crippen molar-refractivity contribution in [2.45, 2.75) is 32.7 Å². The van der Waals surface area contributed by atoms with Gasteiger partial charge in [-0.25, -0.2) is 0 Å². The van der Waals surface area contributed by atoms with Crippen LogP contribution >= 0.6 is 0 Å². The lowest BCUT2D eigenvalue weighted by Gasteiger charge is -2.44. The molecule has 1 atom stereocenters. The maximum absolute atomic E-state index is 12.8. The van der Waals surface area contributed by atoms with Crippen LogP contribution in [0.25, 0.3) is 0 Å². The van der Waals surface area contributed by atoms with Gasteiger partial charge in [-0.3, -0.25) is 14.4 Å². The molecule has 2 aliphatic rings. The molecule has 6 nitrogen and oxygen atoms in total. The lowest BCUT2D eigenvalue weighted by Crippen LogP contribution is -2.61. The van der Waals surface area contributed by atoms with Gasteiger partial charge in [0.1, 0.15) is 0 Å². The minimum absolute atomic E-state index is 0.0101. The molecule has 140 valence electrons. The van der Waals surface area contributed by atoms with Crippen molar-refractivity contribution in [1.82, 2.24) is 15.1 Å². The smallest absolute Gasteiger partial charge is 0.254 e. The summed E-state index contributed by atoms with van der Waals surface area (Å²) in [5.74, 6) is 0.166. The Morgan fingerprint density at radius 2 is 1.88 bits per heavy atom. The van der Waals surface area contributed by atoms with E-state index in [0.29, 0.717) is 25.6 Å². The Bertz CT molecular complexity index is 710. The van der Waals surface area contributed by atoms with Gasteiger partial charge in [0.25, 0.3) is 5.91 Å². The summed E-state index contributed by atoms with van der Waals surface area (Å²) >= 11 is 0. The largest absolute Gasteiger partial charge is 0.359 e. The number of rotatable bonds is 5. The summed E-state index contributed by atoms with van der Waals surface area (Å²) in [6, 6.07) is 7.79. The Labute approximate surface area is 154 Å². The summed E-state index contributed by atoms with van der Waals surface area (Å²) < 4.78 is 0. The van der Waals surface area contributed by atoms with Crippen LogP contribution in [0.2, 0.25) is 0 Å². The quantitative estimate of drug-likeness (QED) is 0.864. The topological polar surface area (TPSA) is 69.7 Å². The normalized spacial score (nSPS) is 20.5. The zero-order valence-corrected chi connectivity index (χ0v) is 15.7. The first-order chi connectivity index (χ1) is 12.4. The van der Waals surface area contributed by atoms with Crippen molar-refractivity contribution in [3.63, 3.8) is 0 Å². The molecule has 6 heteroatoms. The average Bonchev–Trinajstić information content (AvgIpc) is 2.94. The first kappa shape index (κ1) is 18.4. The van der Waals surface area contributed by atoms with Crippen LogP contribution in [0.5, 0.6) is 0 Å². The molecule has 2 saturated heterocycles. The second-order valence-corrected chi connectivity index (χ2v) is 7.68. The Hall–Kier alpha value is -2.37. The second-order valence-electron chi connectivity index (χ2n) is 7.68. The average molecular weight is 357 g/mol. The molecular formula is C20H27N3O3. The van der Waals surface area contributed by atoms with Crippen molar-refractivity contribution in [3.05, 3.63) is 35.4 Å². The molecule has 0 bridgehead atoms. The minimum atomic E-state index is -0.274. The molecule has 1 aromatic rings. The van der Waals surface area contributed by atoms with E-state index < -0.39 is 0 Å². The number of hydrogen-bond donors (Lipinski definition) is 1. The maximum atomic E-state index is 12.8. The molecule has 1 unspecified atom stereocenters. The molecule has 26 heavy (non-hydrogen) atoms. The van der Waals surface area contributed by atoms with Gasteiger partial charge in [0, 0.05) is 38.7 Å². The van der Waals surface area contributed by atoms with Crippen LogP contribution in [0.1, 0.15) is 36.2 Å². The summed E-state index contributed by atoms with van der Waals surface area (Å²) in [6.45, 7) is 5.82. The first-order valence-electron chi connectivity index (χ1n) is 9.29. The molecular weight excluding hydrogens is 330 g/mol. The fourth-order valence-corrected chi connectivity index (χ4v) is 3.80. The number of hydrogen-bond acceptors (Lipinski definition) is 3. The van der Waals surface area contributed by atoms with E-state index in [9.17, 15) is 14.4 Å². The van der Waals surface area contributed by atoms with Gasteiger partial charge in [-0.15, -0.1) is 0 Å². The molecule has 0 saturated carbocycles. The number of nitrogens with one attached hydrogen (secondary N) is 1. The molecule has 0 spiro atoms. The van der Waals surface area contributed by atoms with Gasteiger partial charge in [-0.2, -0.15) is 0 Å². The highest BCUT2D eigenvalue weighted by Crippen LogP contribution is 2.27. The van der Waals surface area contributed by atoms with Crippen molar-refractivity contribution in [1.29, 1.82) is 0 Å². The van der Waals surface area contributed by atoms with Crippen LogP contribution in [-0.2, 0) is 16.0 Å². The number of carbonyl (C=O) groups is 3. The van der Waals surface area contributed by atoms with E-state index in [2.05, 4.69) is 19.2 Å². The lowest BCUT2D eigenvalue weighted by atomic mass is 9.96. The Kier molecular flexibility index (Phi) is 5.30. The van der Waals surface area contributed by atoms with E-state index in [1.165, 1.54) is 0 Å². The fraction of sp³-hybridized carbons (Fsp3) is 0.550. The third-order valence-electron chi connectivity index (χ3n) is 5.24. The third kappa shape index (κ3) is 3.59. The zero-order valence-electron chi connectivity index (χ0n) is 15.7. The fourth-order valence-electron chi connectivity index (χ4n) is 3.80. The molecule has 2 heterocycles. The Morgan fingerprint density at radius 3 is 2.54 bits per heavy atom. The number of nitrogens with zero attached hydrogens (tertiary/aromatic N) is 2. The summed E-state index contributed by atoms with van der Waals surface area (Å²) in [4.78, 5) is 40.4. The van der Waals surface area contributed by atoms with Crippen LogP contribution in [0.15, 0.2) is 24.3 Å². The monoisotopic (exact) mass is 357 g/mol. The van der Waals surface area contributed by atoms with E-state index in [1.54, 1.807) is 16.8 Å². The van der Waals surface area contributed by atoms with E-state index in [1.807, 2.05) is 24.3 Å². The predicted molar refractivity (Wildman–Crippen MR) is 98.6 cm³/mol. The number of carbonyl (C=O) groups excluding carboxylic acids is 3. The van der Waals surface area contributed by atoms with Gasteiger partial charge in [0.15, 0.2) is 0 Å². The number of benzene rings is 1. The van der Waals surface area contributed by atoms with Crippen LogP contribution in [0.4, 0.5) is 0 Å².